The van der Waals surface area contributed by atoms with Gasteiger partial charge in [-0.2, -0.15) is 0 Å². The minimum atomic E-state index is -0.870. The number of hydrogen-bond donors (Lipinski definition) is 1. The monoisotopic (exact) mass is 318 g/mol. The molecule has 0 unspecified atom stereocenters. The van der Waals surface area contributed by atoms with E-state index in [1.165, 1.54) is 17.5 Å². The third-order valence-electron chi connectivity index (χ3n) is 3.75. The predicted octanol–water partition coefficient (Wildman–Crippen LogP) is 1.54. The summed E-state index contributed by atoms with van der Waals surface area (Å²) in [6, 6.07) is 1.71. The van der Waals surface area contributed by atoms with E-state index in [1.807, 2.05) is 0 Å². The molecule has 8 heteroatoms. The molecule has 0 aliphatic carbocycles. The van der Waals surface area contributed by atoms with E-state index in [4.69, 9.17) is 0 Å². The van der Waals surface area contributed by atoms with Crippen LogP contribution in [0, 0.1) is 5.41 Å². The number of nitrogens with zero attached hydrogens (tertiary/aromatic N) is 4. The highest BCUT2D eigenvalue weighted by Crippen LogP contribution is 2.32. The number of rotatable bonds is 3. The number of thiazole rings is 1. The van der Waals surface area contributed by atoms with Gasteiger partial charge in [-0.05, 0) is 19.4 Å². The van der Waals surface area contributed by atoms with Gasteiger partial charge in [0.05, 0.1) is 11.6 Å². The minimum absolute atomic E-state index is 0.190. The number of carboxylic acids is 1. The fraction of sp³-hybridized carbons (Fsp3) is 0.357. The number of likely N-dealkylation sites (tertiary alicyclic amines) is 1. The molecule has 0 spiro atoms. The van der Waals surface area contributed by atoms with Crippen molar-refractivity contribution in [2.45, 2.75) is 13.3 Å². The zero-order valence-corrected chi connectivity index (χ0v) is 12.7. The van der Waals surface area contributed by atoms with Crippen LogP contribution in [0.2, 0.25) is 0 Å². The van der Waals surface area contributed by atoms with Crippen LogP contribution in [0.4, 0.5) is 0 Å². The number of aromatic nitrogens is 3. The molecule has 0 radical (unpaired) electrons. The summed E-state index contributed by atoms with van der Waals surface area (Å²) < 4.78 is 0. The van der Waals surface area contributed by atoms with E-state index in [0.29, 0.717) is 28.7 Å². The SMILES string of the molecule is C[C@@]1(C(=O)O)CCN(C(=O)c2cnc(-c3ncccn3)s2)C1. The summed E-state index contributed by atoms with van der Waals surface area (Å²) in [5.74, 6) is -0.585. The van der Waals surface area contributed by atoms with E-state index in [1.54, 1.807) is 30.3 Å². The summed E-state index contributed by atoms with van der Waals surface area (Å²) in [6.45, 7) is 2.32. The summed E-state index contributed by atoms with van der Waals surface area (Å²) in [4.78, 5) is 38.1. The lowest BCUT2D eigenvalue weighted by Crippen LogP contribution is -2.34. The normalized spacial score (nSPS) is 21.0. The molecular formula is C14H14N4O3S. The number of aliphatic carboxylic acids is 1. The third kappa shape index (κ3) is 2.57. The van der Waals surface area contributed by atoms with E-state index >= 15 is 0 Å². The molecular weight excluding hydrogens is 304 g/mol. The van der Waals surface area contributed by atoms with Gasteiger partial charge < -0.3 is 10.0 Å². The zero-order chi connectivity index (χ0) is 15.7. The first-order valence-corrected chi connectivity index (χ1v) is 7.57. The Hall–Kier alpha value is -2.35. The first kappa shape index (κ1) is 14.6. The van der Waals surface area contributed by atoms with Gasteiger partial charge in [0.1, 0.15) is 4.88 Å². The van der Waals surface area contributed by atoms with Crippen LogP contribution in [0.1, 0.15) is 23.0 Å². The van der Waals surface area contributed by atoms with Crippen LogP contribution in [0.3, 0.4) is 0 Å². The van der Waals surface area contributed by atoms with E-state index in [0.717, 1.165) is 0 Å². The van der Waals surface area contributed by atoms with E-state index in [2.05, 4.69) is 15.0 Å². The first-order valence-electron chi connectivity index (χ1n) is 6.75. The molecule has 114 valence electrons. The van der Waals surface area contributed by atoms with Crippen LogP contribution in [-0.4, -0.2) is 49.9 Å². The number of hydrogen-bond acceptors (Lipinski definition) is 6. The van der Waals surface area contributed by atoms with Crippen LogP contribution in [0.15, 0.2) is 24.7 Å². The number of carbonyl (C=O) groups excluding carboxylic acids is 1. The maximum atomic E-state index is 12.5. The molecule has 1 aliphatic rings. The Bertz CT molecular complexity index is 718. The molecule has 3 rings (SSSR count). The molecule has 1 amide bonds. The molecule has 0 saturated carbocycles. The second kappa shape index (κ2) is 5.45. The molecule has 2 aromatic rings. The lowest BCUT2D eigenvalue weighted by Gasteiger charge is -2.19. The lowest BCUT2D eigenvalue weighted by molar-refractivity contribution is -0.147. The summed E-state index contributed by atoms with van der Waals surface area (Å²) in [7, 11) is 0. The van der Waals surface area contributed by atoms with Crippen LogP contribution < -0.4 is 0 Å². The van der Waals surface area contributed by atoms with Crippen molar-refractivity contribution in [1.82, 2.24) is 19.9 Å². The second-order valence-corrected chi connectivity index (χ2v) is 6.48. The van der Waals surface area contributed by atoms with Gasteiger partial charge >= 0.3 is 5.97 Å². The largest absolute Gasteiger partial charge is 0.481 e. The smallest absolute Gasteiger partial charge is 0.311 e. The Kier molecular flexibility index (Phi) is 3.61. The standard InChI is InChI=1S/C14H14N4O3S/c1-14(13(20)21)3-6-18(8-14)12(19)9-7-17-11(22-9)10-15-4-2-5-16-10/h2,4-5,7H,3,6,8H2,1H3,(H,20,21)/t14-/m1/s1. The Balaban J connectivity index is 1.77. The quantitative estimate of drug-likeness (QED) is 0.922. The zero-order valence-electron chi connectivity index (χ0n) is 11.9. The Morgan fingerprint density at radius 1 is 1.32 bits per heavy atom. The van der Waals surface area contributed by atoms with Crippen LogP contribution in [0.25, 0.3) is 10.8 Å². The van der Waals surface area contributed by atoms with E-state index in [9.17, 15) is 14.7 Å². The van der Waals surface area contributed by atoms with E-state index in [-0.39, 0.29) is 12.5 Å². The topological polar surface area (TPSA) is 96.3 Å². The highest BCUT2D eigenvalue weighted by Gasteiger charge is 2.42. The molecule has 1 fully saturated rings. The average molecular weight is 318 g/mol. The lowest BCUT2D eigenvalue weighted by atomic mass is 9.90. The third-order valence-corrected chi connectivity index (χ3v) is 4.73. The van der Waals surface area contributed by atoms with Gasteiger partial charge in [-0.25, -0.2) is 15.0 Å². The number of carboxylic acid groups (broad SMARTS) is 1. The van der Waals surface area contributed by atoms with Crippen molar-refractivity contribution in [1.29, 1.82) is 0 Å². The van der Waals surface area contributed by atoms with Crippen molar-refractivity contribution in [2.75, 3.05) is 13.1 Å². The summed E-state index contributed by atoms with van der Waals surface area (Å²) >= 11 is 1.21. The van der Waals surface area contributed by atoms with Crippen molar-refractivity contribution < 1.29 is 14.7 Å². The number of amides is 1. The molecule has 1 aliphatic heterocycles. The van der Waals surface area contributed by atoms with Gasteiger partial charge in [-0.3, -0.25) is 9.59 Å². The molecule has 1 N–H and O–H groups in total. The predicted molar refractivity (Wildman–Crippen MR) is 79.4 cm³/mol. The van der Waals surface area contributed by atoms with Crippen LogP contribution in [0.5, 0.6) is 0 Å². The first-order chi connectivity index (χ1) is 10.5. The minimum Gasteiger partial charge on any atom is -0.481 e. The van der Waals surface area contributed by atoms with Gasteiger partial charge in [0.2, 0.25) is 0 Å². The second-order valence-electron chi connectivity index (χ2n) is 5.44. The van der Waals surface area contributed by atoms with Gasteiger partial charge in [0.15, 0.2) is 10.8 Å². The molecule has 7 nitrogen and oxygen atoms in total. The summed E-state index contributed by atoms with van der Waals surface area (Å²) in [5.41, 5.74) is -0.869. The van der Waals surface area contributed by atoms with Gasteiger partial charge in [0, 0.05) is 25.5 Å². The van der Waals surface area contributed by atoms with Gasteiger partial charge in [-0.15, -0.1) is 11.3 Å². The maximum absolute atomic E-state index is 12.5. The maximum Gasteiger partial charge on any atom is 0.311 e. The van der Waals surface area contributed by atoms with Crippen LogP contribution in [-0.2, 0) is 4.79 Å². The van der Waals surface area contributed by atoms with Crippen LogP contribution >= 0.6 is 11.3 Å². The number of carbonyl (C=O) groups is 2. The molecule has 22 heavy (non-hydrogen) atoms. The van der Waals surface area contributed by atoms with Crippen molar-refractivity contribution >= 4 is 23.2 Å². The molecule has 0 aromatic carbocycles. The molecule has 3 heterocycles. The van der Waals surface area contributed by atoms with Crippen molar-refractivity contribution in [3.8, 4) is 10.8 Å². The molecule has 1 saturated heterocycles. The highest BCUT2D eigenvalue weighted by atomic mass is 32.1. The fourth-order valence-corrected chi connectivity index (χ4v) is 3.18. The van der Waals surface area contributed by atoms with Gasteiger partial charge in [0.25, 0.3) is 5.91 Å². The van der Waals surface area contributed by atoms with Crippen molar-refractivity contribution in [2.24, 2.45) is 5.41 Å². The van der Waals surface area contributed by atoms with E-state index < -0.39 is 11.4 Å². The Morgan fingerprint density at radius 2 is 2.05 bits per heavy atom. The Morgan fingerprint density at radius 3 is 2.68 bits per heavy atom. The molecule has 2 aromatic heterocycles. The highest BCUT2D eigenvalue weighted by molar-refractivity contribution is 7.16. The average Bonchev–Trinajstić information content (AvgIpc) is 3.15. The molecule has 0 bridgehead atoms. The fourth-order valence-electron chi connectivity index (χ4n) is 2.35. The molecule has 1 atom stereocenters. The Labute approximate surface area is 130 Å². The van der Waals surface area contributed by atoms with Crippen molar-refractivity contribution in [3.05, 3.63) is 29.5 Å². The van der Waals surface area contributed by atoms with Gasteiger partial charge in [-0.1, -0.05) is 0 Å². The summed E-state index contributed by atoms with van der Waals surface area (Å²) in [6.07, 6.45) is 5.19. The summed E-state index contributed by atoms with van der Waals surface area (Å²) in [5, 5.41) is 9.80. The van der Waals surface area contributed by atoms with Crippen molar-refractivity contribution in [3.63, 3.8) is 0 Å².